The van der Waals surface area contributed by atoms with Crippen molar-refractivity contribution in [2.24, 2.45) is 0 Å². The van der Waals surface area contributed by atoms with Crippen LogP contribution >= 0.6 is 15.9 Å². The molecule has 8 nitrogen and oxygen atoms in total. The van der Waals surface area contributed by atoms with E-state index in [0.29, 0.717) is 46.2 Å². The number of anilines is 1. The monoisotopic (exact) mass is 530 g/mol. The molecule has 0 aliphatic carbocycles. The molecule has 2 aromatic carbocycles. The van der Waals surface area contributed by atoms with E-state index in [2.05, 4.69) is 28.2 Å². The number of carbonyl (C=O) groups excluding carboxylic acids is 3. The Morgan fingerprint density at radius 1 is 1.00 bits per heavy atom. The van der Waals surface area contributed by atoms with Gasteiger partial charge in [-0.15, -0.1) is 0 Å². The van der Waals surface area contributed by atoms with Crippen molar-refractivity contribution >= 4 is 45.5 Å². The largest absolute Gasteiger partial charge is 0.494 e. The molecule has 1 aliphatic heterocycles. The summed E-state index contributed by atoms with van der Waals surface area (Å²) in [4.78, 5) is 39.1. The molecule has 1 fully saturated rings. The van der Waals surface area contributed by atoms with E-state index >= 15 is 0 Å². The third-order valence-electron chi connectivity index (χ3n) is 4.98. The Morgan fingerprint density at radius 3 is 2.38 bits per heavy atom. The SMILES string of the molecule is CCCCOc1ccc(N2C(=O)NC(=O)/C(=C/c3cc(Br)c(OCCC)c(OC)c3)C2=O)cc1. The summed E-state index contributed by atoms with van der Waals surface area (Å²) < 4.78 is 17.4. The number of hydrogen-bond acceptors (Lipinski definition) is 6. The number of unbranched alkanes of at least 4 members (excludes halogenated alkanes) is 1. The number of urea groups is 1. The maximum atomic E-state index is 13.2. The van der Waals surface area contributed by atoms with Crippen molar-refractivity contribution in [1.29, 1.82) is 0 Å². The molecule has 180 valence electrons. The zero-order valence-electron chi connectivity index (χ0n) is 19.4. The molecule has 1 saturated heterocycles. The number of ether oxygens (including phenoxy) is 3. The molecule has 0 saturated carbocycles. The lowest BCUT2D eigenvalue weighted by Gasteiger charge is -2.26. The summed E-state index contributed by atoms with van der Waals surface area (Å²) in [6.45, 7) is 5.16. The van der Waals surface area contributed by atoms with Crippen LogP contribution < -0.4 is 24.4 Å². The molecule has 0 radical (unpaired) electrons. The van der Waals surface area contributed by atoms with Crippen molar-refractivity contribution in [3.8, 4) is 17.2 Å². The fourth-order valence-corrected chi connectivity index (χ4v) is 3.83. The van der Waals surface area contributed by atoms with Crippen molar-refractivity contribution in [3.05, 3.63) is 52.0 Å². The Bertz CT molecular complexity index is 1100. The van der Waals surface area contributed by atoms with Crippen LogP contribution in [0, 0.1) is 0 Å². The molecule has 0 atom stereocenters. The summed E-state index contributed by atoms with van der Waals surface area (Å²) in [5, 5.41) is 2.23. The van der Waals surface area contributed by atoms with Gasteiger partial charge in [-0.05, 0) is 76.8 Å². The van der Waals surface area contributed by atoms with Gasteiger partial charge in [0.05, 0.1) is 30.5 Å². The minimum Gasteiger partial charge on any atom is -0.494 e. The molecular weight excluding hydrogens is 504 g/mol. The highest BCUT2D eigenvalue weighted by Gasteiger charge is 2.36. The maximum Gasteiger partial charge on any atom is 0.335 e. The molecule has 4 amide bonds. The summed E-state index contributed by atoms with van der Waals surface area (Å²) in [7, 11) is 1.51. The summed E-state index contributed by atoms with van der Waals surface area (Å²) in [6, 6.07) is 9.13. The number of nitrogens with zero attached hydrogens (tertiary/aromatic N) is 1. The number of rotatable bonds is 10. The molecular formula is C25H27BrN2O6. The lowest BCUT2D eigenvalue weighted by molar-refractivity contribution is -0.122. The Kier molecular flexibility index (Phi) is 8.70. The van der Waals surface area contributed by atoms with Crippen LogP contribution in [0.1, 0.15) is 38.7 Å². The number of hydrogen-bond donors (Lipinski definition) is 1. The highest BCUT2D eigenvalue weighted by atomic mass is 79.9. The first kappa shape index (κ1) is 25.3. The Balaban J connectivity index is 1.89. The van der Waals surface area contributed by atoms with Crippen LogP contribution in [-0.4, -0.2) is 38.2 Å². The maximum absolute atomic E-state index is 13.2. The van der Waals surface area contributed by atoms with Crippen molar-refractivity contribution in [1.82, 2.24) is 5.32 Å². The van der Waals surface area contributed by atoms with Crippen LogP contribution in [0.4, 0.5) is 10.5 Å². The first-order valence-electron chi connectivity index (χ1n) is 11.0. The molecule has 2 aromatic rings. The zero-order valence-corrected chi connectivity index (χ0v) is 20.9. The summed E-state index contributed by atoms with van der Waals surface area (Å²) in [5.74, 6) is 0.118. The molecule has 0 unspecified atom stereocenters. The van der Waals surface area contributed by atoms with E-state index in [9.17, 15) is 14.4 Å². The molecule has 1 N–H and O–H groups in total. The predicted octanol–water partition coefficient (Wildman–Crippen LogP) is 5.09. The fourth-order valence-electron chi connectivity index (χ4n) is 3.25. The van der Waals surface area contributed by atoms with Crippen molar-refractivity contribution < 1.29 is 28.6 Å². The van der Waals surface area contributed by atoms with Gasteiger partial charge in [0.1, 0.15) is 11.3 Å². The van der Waals surface area contributed by atoms with E-state index in [-0.39, 0.29) is 5.57 Å². The van der Waals surface area contributed by atoms with E-state index in [1.807, 2.05) is 6.92 Å². The van der Waals surface area contributed by atoms with Gasteiger partial charge >= 0.3 is 6.03 Å². The van der Waals surface area contributed by atoms with E-state index < -0.39 is 17.8 Å². The fraction of sp³-hybridized carbons (Fsp3) is 0.320. The molecule has 9 heteroatoms. The highest BCUT2D eigenvalue weighted by molar-refractivity contribution is 9.10. The zero-order chi connectivity index (χ0) is 24.7. The standard InChI is InChI=1S/C25H27BrN2O6/c1-4-6-12-33-18-9-7-17(8-10-18)28-24(30)19(23(29)27-25(28)31)13-16-14-20(26)22(34-11-5-2)21(15-16)32-3/h7-10,13-15H,4-6,11-12H2,1-3H3,(H,27,29,31)/b19-13-. The number of amides is 4. The lowest BCUT2D eigenvalue weighted by Crippen LogP contribution is -2.54. The number of methoxy groups -OCH3 is 1. The van der Waals surface area contributed by atoms with Gasteiger partial charge in [-0.1, -0.05) is 20.3 Å². The molecule has 0 aromatic heterocycles. The van der Waals surface area contributed by atoms with Crippen molar-refractivity contribution in [3.63, 3.8) is 0 Å². The molecule has 0 bridgehead atoms. The minimum absolute atomic E-state index is 0.181. The number of barbiturate groups is 1. The molecule has 0 spiro atoms. The molecule has 1 aliphatic rings. The summed E-state index contributed by atoms with van der Waals surface area (Å²) >= 11 is 3.46. The Hall–Kier alpha value is -3.33. The van der Waals surface area contributed by atoms with Gasteiger partial charge in [-0.3, -0.25) is 14.9 Å². The van der Waals surface area contributed by atoms with Gasteiger partial charge in [0.15, 0.2) is 11.5 Å². The number of carbonyl (C=O) groups is 3. The van der Waals surface area contributed by atoms with Crippen LogP contribution in [0.25, 0.3) is 6.08 Å². The van der Waals surface area contributed by atoms with Gasteiger partial charge in [0.2, 0.25) is 0 Å². The van der Waals surface area contributed by atoms with Crippen LogP contribution in [-0.2, 0) is 9.59 Å². The third-order valence-corrected chi connectivity index (χ3v) is 5.57. The van der Waals surface area contributed by atoms with Gasteiger partial charge in [-0.25, -0.2) is 9.69 Å². The first-order chi connectivity index (χ1) is 16.4. The average Bonchev–Trinajstić information content (AvgIpc) is 2.81. The van der Waals surface area contributed by atoms with E-state index in [0.717, 1.165) is 24.2 Å². The second-order valence-electron chi connectivity index (χ2n) is 7.54. The first-order valence-corrected chi connectivity index (χ1v) is 11.8. The van der Waals surface area contributed by atoms with Gasteiger partial charge in [-0.2, -0.15) is 0 Å². The highest BCUT2D eigenvalue weighted by Crippen LogP contribution is 2.37. The van der Waals surface area contributed by atoms with Gasteiger partial charge in [0.25, 0.3) is 11.8 Å². The molecule has 1 heterocycles. The molecule has 34 heavy (non-hydrogen) atoms. The van der Waals surface area contributed by atoms with E-state index in [4.69, 9.17) is 14.2 Å². The minimum atomic E-state index is -0.811. The molecule has 3 rings (SSSR count). The summed E-state index contributed by atoms with van der Waals surface area (Å²) in [6.07, 6.45) is 4.18. The van der Waals surface area contributed by atoms with Crippen LogP contribution in [0.5, 0.6) is 17.2 Å². The third kappa shape index (κ3) is 5.77. The predicted molar refractivity (Wildman–Crippen MR) is 132 cm³/mol. The van der Waals surface area contributed by atoms with Gasteiger partial charge in [0, 0.05) is 0 Å². The second-order valence-corrected chi connectivity index (χ2v) is 8.39. The van der Waals surface area contributed by atoms with E-state index in [1.165, 1.54) is 13.2 Å². The van der Waals surface area contributed by atoms with E-state index in [1.54, 1.807) is 36.4 Å². The van der Waals surface area contributed by atoms with Crippen molar-refractivity contribution in [2.75, 3.05) is 25.2 Å². The lowest BCUT2D eigenvalue weighted by atomic mass is 10.1. The van der Waals surface area contributed by atoms with Gasteiger partial charge < -0.3 is 14.2 Å². The number of benzene rings is 2. The quantitative estimate of drug-likeness (QED) is 0.261. The van der Waals surface area contributed by atoms with Crippen LogP contribution in [0.15, 0.2) is 46.4 Å². The summed E-state index contributed by atoms with van der Waals surface area (Å²) in [5.41, 5.74) is 0.671. The Morgan fingerprint density at radius 2 is 1.74 bits per heavy atom. The second kappa shape index (κ2) is 11.7. The topological polar surface area (TPSA) is 94.2 Å². The average molecular weight is 531 g/mol. The van der Waals surface area contributed by atoms with Crippen LogP contribution in [0.2, 0.25) is 0 Å². The van der Waals surface area contributed by atoms with Crippen molar-refractivity contribution in [2.45, 2.75) is 33.1 Å². The smallest absolute Gasteiger partial charge is 0.335 e. The Labute approximate surface area is 207 Å². The van der Waals surface area contributed by atoms with Crippen LogP contribution in [0.3, 0.4) is 0 Å². The normalized spacial score (nSPS) is 14.9. The number of nitrogens with one attached hydrogen (secondary N) is 1. The number of halogens is 1. The number of imide groups is 2.